The fourth-order valence-electron chi connectivity index (χ4n) is 9.24. The minimum Gasteiger partial charge on any atom is -0.481 e. The van der Waals surface area contributed by atoms with E-state index in [9.17, 15) is 24.6 Å². The third kappa shape index (κ3) is 2.87. The number of carbonyl (C=O) groups excluding carboxylic acids is 2. The molecule has 9 atom stereocenters. The normalized spacial score (nSPS) is 49.7. The van der Waals surface area contributed by atoms with Gasteiger partial charge in [0.05, 0.1) is 6.10 Å². The minimum atomic E-state index is -0.795. The van der Waals surface area contributed by atoms with Crippen molar-refractivity contribution in [1.82, 2.24) is 0 Å². The highest BCUT2D eigenvalue weighted by Gasteiger charge is 2.72. The number of carboxylic acid groups (broad SMARTS) is 1. The molecule has 4 fully saturated rings. The van der Waals surface area contributed by atoms with E-state index in [0.29, 0.717) is 19.3 Å². The molecule has 4 aliphatic carbocycles. The summed E-state index contributed by atoms with van der Waals surface area (Å²) in [6.07, 6.45) is 3.78. The first kappa shape index (κ1) is 22.9. The zero-order valence-corrected chi connectivity index (χ0v) is 20.0. The number of aliphatic hydroxyl groups excluding tert-OH is 1. The predicted octanol–water partition coefficient (Wildman–Crippen LogP) is 4.50. The summed E-state index contributed by atoms with van der Waals surface area (Å²) in [5.74, 6) is -0.824. The molecule has 0 aromatic carbocycles. The number of carbonyl (C=O) groups is 3. The molecule has 4 rings (SSSR count). The van der Waals surface area contributed by atoms with Crippen LogP contribution in [0.15, 0.2) is 0 Å². The average molecular weight is 433 g/mol. The van der Waals surface area contributed by atoms with Gasteiger partial charge in [-0.15, -0.1) is 0 Å². The van der Waals surface area contributed by atoms with E-state index in [4.69, 9.17) is 0 Å². The molecule has 0 aromatic rings. The van der Waals surface area contributed by atoms with Gasteiger partial charge in [-0.1, -0.05) is 41.5 Å². The lowest BCUT2D eigenvalue weighted by Gasteiger charge is -2.65. The van der Waals surface area contributed by atoms with Crippen LogP contribution in [0.2, 0.25) is 0 Å². The lowest BCUT2D eigenvalue weighted by atomic mass is 9.37. The molecular weight excluding hydrogens is 392 g/mol. The molecule has 5 heteroatoms. The van der Waals surface area contributed by atoms with Gasteiger partial charge in [-0.25, -0.2) is 0 Å². The van der Waals surface area contributed by atoms with Crippen molar-refractivity contribution in [3.63, 3.8) is 0 Å². The molecular formula is C26H40O5. The number of hydrogen-bond acceptors (Lipinski definition) is 4. The SMILES string of the molecule is C[C@@H](CC(=O)O)[C@H]1CC[C@@]2(C)[C@@H]3C(=O)C[C@H]4C(C)(C)[C@@H](O)CC[C@]4(C)[C@H]3C(=O)C[C@]12C. The number of aliphatic carboxylic acids is 1. The monoisotopic (exact) mass is 432 g/mol. The third-order valence-electron chi connectivity index (χ3n) is 11.2. The van der Waals surface area contributed by atoms with E-state index in [2.05, 4.69) is 34.6 Å². The first-order valence-corrected chi connectivity index (χ1v) is 12.2. The summed E-state index contributed by atoms with van der Waals surface area (Å²) in [6.45, 7) is 12.7. The number of rotatable bonds is 3. The van der Waals surface area contributed by atoms with E-state index >= 15 is 0 Å². The second kappa shape index (κ2) is 6.88. The van der Waals surface area contributed by atoms with Crippen LogP contribution >= 0.6 is 0 Å². The summed E-state index contributed by atoms with van der Waals surface area (Å²) in [6, 6.07) is 0. The molecule has 0 aliphatic heterocycles. The van der Waals surface area contributed by atoms with Crippen LogP contribution in [-0.4, -0.2) is 33.9 Å². The lowest BCUT2D eigenvalue weighted by Crippen LogP contribution is -2.66. The van der Waals surface area contributed by atoms with Gasteiger partial charge >= 0.3 is 5.97 Å². The molecule has 0 aromatic heterocycles. The van der Waals surface area contributed by atoms with Gasteiger partial charge in [0.15, 0.2) is 0 Å². The van der Waals surface area contributed by atoms with Crippen LogP contribution in [0.3, 0.4) is 0 Å². The second-order valence-electron chi connectivity index (χ2n) is 12.8. The Kier molecular flexibility index (Phi) is 5.10. The summed E-state index contributed by atoms with van der Waals surface area (Å²) in [5, 5.41) is 20.1. The van der Waals surface area contributed by atoms with E-state index in [-0.39, 0.29) is 69.2 Å². The Labute approximate surface area is 186 Å². The molecule has 0 unspecified atom stereocenters. The molecule has 4 aliphatic rings. The van der Waals surface area contributed by atoms with Gasteiger partial charge in [-0.2, -0.15) is 0 Å². The van der Waals surface area contributed by atoms with Crippen molar-refractivity contribution in [1.29, 1.82) is 0 Å². The van der Waals surface area contributed by atoms with Crippen LogP contribution in [0.25, 0.3) is 0 Å². The van der Waals surface area contributed by atoms with Crippen molar-refractivity contribution in [2.24, 2.45) is 51.2 Å². The number of Topliss-reactive ketones (excluding diaryl/α,β-unsaturated/α-hetero) is 2. The number of ketones is 2. The van der Waals surface area contributed by atoms with Crippen LogP contribution in [0.1, 0.15) is 86.5 Å². The molecule has 0 spiro atoms. The van der Waals surface area contributed by atoms with Crippen LogP contribution in [-0.2, 0) is 14.4 Å². The number of fused-ring (bicyclic) bond motifs is 5. The molecule has 0 amide bonds. The highest BCUT2D eigenvalue weighted by molar-refractivity contribution is 5.95. The van der Waals surface area contributed by atoms with Crippen molar-refractivity contribution in [3.8, 4) is 0 Å². The average Bonchev–Trinajstić information content (AvgIpc) is 2.91. The van der Waals surface area contributed by atoms with Crippen LogP contribution in [0, 0.1) is 51.2 Å². The summed E-state index contributed by atoms with van der Waals surface area (Å²) in [4.78, 5) is 39.1. The Balaban J connectivity index is 1.77. The lowest BCUT2D eigenvalue weighted by molar-refractivity contribution is -0.200. The van der Waals surface area contributed by atoms with Gasteiger partial charge in [0.1, 0.15) is 11.6 Å². The van der Waals surface area contributed by atoms with E-state index in [1.165, 1.54) is 0 Å². The highest BCUT2D eigenvalue weighted by Crippen LogP contribution is 2.73. The Morgan fingerprint density at radius 1 is 1.00 bits per heavy atom. The van der Waals surface area contributed by atoms with Crippen molar-refractivity contribution >= 4 is 17.5 Å². The molecule has 0 heterocycles. The first-order chi connectivity index (χ1) is 14.2. The van der Waals surface area contributed by atoms with Crippen LogP contribution in [0.4, 0.5) is 0 Å². The van der Waals surface area contributed by atoms with Crippen molar-refractivity contribution < 1.29 is 24.6 Å². The van der Waals surface area contributed by atoms with E-state index in [1.807, 2.05) is 6.92 Å². The van der Waals surface area contributed by atoms with E-state index in [0.717, 1.165) is 19.3 Å². The number of hydrogen-bond donors (Lipinski definition) is 2. The Morgan fingerprint density at radius 3 is 2.26 bits per heavy atom. The number of carboxylic acids is 1. The van der Waals surface area contributed by atoms with Gasteiger partial charge < -0.3 is 10.2 Å². The first-order valence-electron chi connectivity index (χ1n) is 12.2. The topological polar surface area (TPSA) is 91.7 Å². The fraction of sp³-hybridized carbons (Fsp3) is 0.885. The maximum atomic E-state index is 13.9. The minimum absolute atomic E-state index is 0.0116. The second-order valence-corrected chi connectivity index (χ2v) is 12.8. The van der Waals surface area contributed by atoms with Gasteiger partial charge in [0, 0.05) is 31.1 Å². The molecule has 0 bridgehead atoms. The van der Waals surface area contributed by atoms with Gasteiger partial charge in [-0.3, -0.25) is 14.4 Å². The van der Waals surface area contributed by atoms with Crippen LogP contribution < -0.4 is 0 Å². The van der Waals surface area contributed by atoms with Gasteiger partial charge in [0.25, 0.3) is 0 Å². The van der Waals surface area contributed by atoms with E-state index in [1.54, 1.807) is 0 Å². The van der Waals surface area contributed by atoms with Gasteiger partial charge in [-0.05, 0) is 65.1 Å². The van der Waals surface area contributed by atoms with Gasteiger partial charge in [0.2, 0.25) is 0 Å². The van der Waals surface area contributed by atoms with Crippen molar-refractivity contribution in [2.75, 3.05) is 0 Å². The van der Waals surface area contributed by atoms with E-state index < -0.39 is 12.1 Å². The largest absolute Gasteiger partial charge is 0.481 e. The van der Waals surface area contributed by atoms with Crippen molar-refractivity contribution in [2.45, 2.75) is 92.6 Å². The standard InChI is InChI=1S/C26H40O5/c1-14(11-20(30)31)15-7-10-25(5)22-16(27)12-18-23(2,3)19(29)8-9-24(18,4)21(22)17(28)13-26(15,25)6/h14-15,18-19,21-22,29H,7-13H2,1-6H3,(H,30,31)/t14-,15+,18-,19-,21-,22+,24-,25-,26+/m0/s1. The molecule has 0 radical (unpaired) electrons. The summed E-state index contributed by atoms with van der Waals surface area (Å²) < 4.78 is 0. The maximum Gasteiger partial charge on any atom is 0.303 e. The Bertz CT molecular complexity index is 817. The molecule has 31 heavy (non-hydrogen) atoms. The fourth-order valence-corrected chi connectivity index (χ4v) is 9.24. The predicted molar refractivity (Wildman–Crippen MR) is 117 cm³/mol. The quantitative estimate of drug-likeness (QED) is 0.685. The van der Waals surface area contributed by atoms with Crippen LogP contribution in [0.5, 0.6) is 0 Å². The Morgan fingerprint density at radius 2 is 1.65 bits per heavy atom. The third-order valence-corrected chi connectivity index (χ3v) is 11.2. The zero-order valence-electron chi connectivity index (χ0n) is 20.0. The maximum absolute atomic E-state index is 13.9. The molecule has 2 N–H and O–H groups in total. The smallest absolute Gasteiger partial charge is 0.303 e. The van der Waals surface area contributed by atoms with Crippen molar-refractivity contribution in [3.05, 3.63) is 0 Å². The Hall–Kier alpha value is -1.23. The summed E-state index contributed by atoms with van der Waals surface area (Å²) >= 11 is 0. The molecule has 174 valence electrons. The highest BCUT2D eigenvalue weighted by atomic mass is 16.4. The zero-order chi connectivity index (χ0) is 23.1. The molecule has 4 saturated carbocycles. The number of aliphatic hydroxyl groups is 1. The molecule has 5 nitrogen and oxygen atoms in total. The summed E-state index contributed by atoms with van der Waals surface area (Å²) in [7, 11) is 0. The molecule has 0 saturated heterocycles. The summed E-state index contributed by atoms with van der Waals surface area (Å²) in [5.41, 5.74) is -1.28.